The number of rotatable bonds is 7. The molecule has 0 aliphatic heterocycles. The maximum Gasteiger partial charge on any atom is 0.319 e. The number of carbonyl (C=O) groups is 2. The minimum Gasteiger partial charge on any atom is -0.361 e. The molecule has 1 aromatic heterocycles. The summed E-state index contributed by atoms with van der Waals surface area (Å²) in [6, 6.07) is 20.9. The van der Waals surface area contributed by atoms with Gasteiger partial charge in [0, 0.05) is 35.8 Å². The lowest BCUT2D eigenvalue weighted by molar-refractivity contribution is -0.123. The highest BCUT2D eigenvalue weighted by molar-refractivity contribution is 6.42. The van der Waals surface area contributed by atoms with Crippen molar-refractivity contribution in [3.8, 4) is 0 Å². The van der Waals surface area contributed by atoms with Crippen LogP contribution in [0, 0.1) is 0 Å². The van der Waals surface area contributed by atoms with E-state index < -0.39 is 12.1 Å². The van der Waals surface area contributed by atoms with Crippen LogP contribution in [0.3, 0.4) is 0 Å². The van der Waals surface area contributed by atoms with E-state index in [4.69, 9.17) is 23.2 Å². The Kier molecular flexibility index (Phi) is 7.17. The Labute approximate surface area is 201 Å². The lowest BCUT2D eigenvalue weighted by atomic mass is 10.0. The molecule has 0 saturated carbocycles. The van der Waals surface area contributed by atoms with Gasteiger partial charge in [0.2, 0.25) is 5.91 Å². The molecule has 3 aromatic carbocycles. The molecule has 1 heterocycles. The topological polar surface area (TPSA) is 86.0 Å². The molecular formula is C25H22Cl2N4O2. The van der Waals surface area contributed by atoms with Crippen LogP contribution in [-0.2, 0) is 17.8 Å². The summed E-state index contributed by atoms with van der Waals surface area (Å²) in [6.07, 6.45) is 2.18. The smallest absolute Gasteiger partial charge is 0.319 e. The minimum atomic E-state index is -0.796. The van der Waals surface area contributed by atoms with Crippen molar-refractivity contribution < 1.29 is 9.59 Å². The number of aromatic amines is 1. The van der Waals surface area contributed by atoms with Crippen LogP contribution >= 0.6 is 23.2 Å². The summed E-state index contributed by atoms with van der Waals surface area (Å²) in [5.74, 6) is -0.284. The molecule has 168 valence electrons. The number of fused-ring (bicyclic) bond motifs is 1. The van der Waals surface area contributed by atoms with E-state index in [2.05, 4.69) is 20.9 Å². The second-order valence-corrected chi connectivity index (χ2v) is 8.36. The van der Waals surface area contributed by atoms with Gasteiger partial charge >= 0.3 is 6.03 Å². The highest BCUT2D eigenvalue weighted by Crippen LogP contribution is 2.25. The predicted octanol–water partition coefficient (Wildman–Crippen LogP) is 5.52. The van der Waals surface area contributed by atoms with E-state index in [1.165, 1.54) is 0 Å². The zero-order valence-electron chi connectivity index (χ0n) is 17.6. The summed E-state index contributed by atoms with van der Waals surface area (Å²) in [6.45, 7) is 0.361. The summed E-state index contributed by atoms with van der Waals surface area (Å²) in [5.41, 5.74) is 3.34. The standard InChI is InChI=1S/C25H22Cl2N4O2/c26-20-11-10-18(13-21(20)27)30-25(33)31-23(24(32)29-14-16-6-2-1-3-7-16)12-17-15-28-22-9-5-4-8-19(17)22/h1-11,13,15,23,28H,12,14H2,(H,29,32)(H2,30,31,33)/t23-/m0/s1. The molecule has 1 atom stereocenters. The zero-order chi connectivity index (χ0) is 23.2. The number of amides is 3. The monoisotopic (exact) mass is 480 g/mol. The van der Waals surface area contributed by atoms with Crippen molar-refractivity contribution in [1.29, 1.82) is 0 Å². The van der Waals surface area contributed by atoms with Gasteiger partial charge in [-0.3, -0.25) is 4.79 Å². The number of nitrogens with one attached hydrogen (secondary N) is 4. The molecule has 33 heavy (non-hydrogen) atoms. The van der Waals surface area contributed by atoms with E-state index in [1.807, 2.05) is 60.8 Å². The van der Waals surface area contributed by atoms with Crippen LogP contribution in [0.2, 0.25) is 10.0 Å². The number of benzene rings is 3. The molecule has 0 radical (unpaired) electrons. The van der Waals surface area contributed by atoms with Gasteiger partial charge in [0.05, 0.1) is 10.0 Å². The number of anilines is 1. The van der Waals surface area contributed by atoms with Crippen LogP contribution in [0.25, 0.3) is 10.9 Å². The molecule has 4 N–H and O–H groups in total. The summed E-state index contributed by atoms with van der Waals surface area (Å²) < 4.78 is 0. The molecule has 0 aliphatic carbocycles. The highest BCUT2D eigenvalue weighted by Gasteiger charge is 2.23. The van der Waals surface area contributed by atoms with Crippen LogP contribution < -0.4 is 16.0 Å². The first kappa shape index (κ1) is 22.7. The van der Waals surface area contributed by atoms with Gasteiger partial charge in [-0.2, -0.15) is 0 Å². The summed E-state index contributed by atoms with van der Waals surface area (Å²) in [7, 11) is 0. The van der Waals surface area contributed by atoms with Gasteiger partial charge in [-0.25, -0.2) is 4.79 Å². The molecular weight excluding hydrogens is 459 g/mol. The van der Waals surface area contributed by atoms with E-state index in [1.54, 1.807) is 18.2 Å². The maximum absolute atomic E-state index is 13.1. The number of para-hydroxylation sites is 1. The molecule has 0 spiro atoms. The Bertz CT molecular complexity index is 1270. The second kappa shape index (κ2) is 10.4. The van der Waals surface area contributed by atoms with Crippen LogP contribution in [0.4, 0.5) is 10.5 Å². The Morgan fingerprint density at radius 3 is 2.45 bits per heavy atom. The number of H-pyrrole nitrogens is 1. The zero-order valence-corrected chi connectivity index (χ0v) is 19.1. The fraction of sp³-hybridized carbons (Fsp3) is 0.120. The number of carbonyl (C=O) groups excluding carboxylic acids is 2. The van der Waals surface area contributed by atoms with Gasteiger partial charge in [-0.1, -0.05) is 71.7 Å². The molecule has 6 nitrogen and oxygen atoms in total. The Morgan fingerprint density at radius 2 is 1.67 bits per heavy atom. The van der Waals surface area contributed by atoms with Gasteiger partial charge in [-0.05, 0) is 35.4 Å². The predicted molar refractivity (Wildman–Crippen MR) is 133 cm³/mol. The summed E-state index contributed by atoms with van der Waals surface area (Å²) >= 11 is 12.0. The highest BCUT2D eigenvalue weighted by atomic mass is 35.5. The molecule has 0 bridgehead atoms. The van der Waals surface area contributed by atoms with Crippen LogP contribution in [0.1, 0.15) is 11.1 Å². The van der Waals surface area contributed by atoms with Crippen molar-refractivity contribution in [3.63, 3.8) is 0 Å². The molecule has 0 aliphatic rings. The third kappa shape index (κ3) is 5.86. The van der Waals surface area contributed by atoms with E-state index in [0.29, 0.717) is 28.7 Å². The number of aromatic nitrogens is 1. The maximum atomic E-state index is 13.1. The summed E-state index contributed by atoms with van der Waals surface area (Å²) in [5, 5.41) is 10.1. The molecule has 4 rings (SSSR count). The van der Waals surface area contributed by atoms with Gasteiger partial charge < -0.3 is 20.9 Å². The quantitative estimate of drug-likeness (QED) is 0.280. The molecule has 8 heteroatoms. The largest absolute Gasteiger partial charge is 0.361 e. The molecule has 3 amide bonds. The fourth-order valence-electron chi connectivity index (χ4n) is 3.54. The molecule has 4 aromatic rings. The average molecular weight is 481 g/mol. The number of hydrogen-bond acceptors (Lipinski definition) is 2. The van der Waals surface area contributed by atoms with Crippen molar-refractivity contribution in [2.75, 3.05) is 5.32 Å². The van der Waals surface area contributed by atoms with Crippen LogP contribution in [0.5, 0.6) is 0 Å². The van der Waals surface area contributed by atoms with Crippen molar-refractivity contribution in [3.05, 3.63) is 100 Å². The first-order chi connectivity index (χ1) is 16.0. The van der Waals surface area contributed by atoms with Gasteiger partial charge in [0.15, 0.2) is 0 Å². The Hall–Kier alpha value is -3.48. The van der Waals surface area contributed by atoms with Crippen molar-refractivity contribution >= 4 is 51.7 Å². The summed E-state index contributed by atoms with van der Waals surface area (Å²) in [4.78, 5) is 29.0. The van der Waals surface area contributed by atoms with Crippen LogP contribution in [-0.4, -0.2) is 23.0 Å². The lowest BCUT2D eigenvalue weighted by Crippen LogP contribution is -2.49. The third-order valence-electron chi connectivity index (χ3n) is 5.21. The van der Waals surface area contributed by atoms with Crippen molar-refractivity contribution in [2.45, 2.75) is 19.0 Å². The van der Waals surface area contributed by atoms with E-state index >= 15 is 0 Å². The molecule has 0 unspecified atom stereocenters. The first-order valence-electron chi connectivity index (χ1n) is 10.4. The van der Waals surface area contributed by atoms with Crippen LogP contribution in [0.15, 0.2) is 79.0 Å². The Morgan fingerprint density at radius 1 is 0.909 bits per heavy atom. The number of hydrogen-bond donors (Lipinski definition) is 4. The number of urea groups is 1. The van der Waals surface area contributed by atoms with E-state index in [-0.39, 0.29) is 5.91 Å². The third-order valence-corrected chi connectivity index (χ3v) is 5.95. The molecule has 0 fully saturated rings. The van der Waals surface area contributed by atoms with Gasteiger partial charge in [-0.15, -0.1) is 0 Å². The Balaban J connectivity index is 1.50. The van der Waals surface area contributed by atoms with Crippen molar-refractivity contribution in [1.82, 2.24) is 15.6 Å². The first-order valence-corrected chi connectivity index (χ1v) is 11.1. The molecule has 0 saturated heterocycles. The van der Waals surface area contributed by atoms with Crippen molar-refractivity contribution in [2.24, 2.45) is 0 Å². The second-order valence-electron chi connectivity index (χ2n) is 7.55. The van der Waals surface area contributed by atoms with E-state index in [0.717, 1.165) is 22.0 Å². The normalized spacial score (nSPS) is 11.7. The SMILES string of the molecule is O=C(Nc1ccc(Cl)c(Cl)c1)N[C@@H](Cc1c[nH]c2ccccc12)C(=O)NCc1ccccc1. The number of halogens is 2. The van der Waals surface area contributed by atoms with Gasteiger partial charge in [0.1, 0.15) is 6.04 Å². The fourth-order valence-corrected chi connectivity index (χ4v) is 3.84. The minimum absolute atomic E-state index is 0.284. The van der Waals surface area contributed by atoms with Gasteiger partial charge in [0.25, 0.3) is 0 Å². The lowest BCUT2D eigenvalue weighted by Gasteiger charge is -2.19. The van der Waals surface area contributed by atoms with E-state index in [9.17, 15) is 9.59 Å². The average Bonchev–Trinajstić information content (AvgIpc) is 3.23.